The minimum absolute atomic E-state index is 0.0385. The third kappa shape index (κ3) is 4.78. The number of benzene rings is 1. The van der Waals surface area contributed by atoms with E-state index in [1.165, 1.54) is 0 Å². The average Bonchev–Trinajstić information content (AvgIpc) is 2.31. The van der Waals surface area contributed by atoms with Crippen LogP contribution in [-0.2, 0) is 16.0 Å². The Balaban J connectivity index is 2.64. The molecule has 1 atom stereocenters. The van der Waals surface area contributed by atoms with E-state index in [1.54, 1.807) is 7.11 Å². The predicted molar refractivity (Wildman–Crippen MR) is 77.8 cm³/mol. The Morgan fingerprint density at radius 1 is 1.50 bits per heavy atom. The van der Waals surface area contributed by atoms with Crippen molar-refractivity contribution in [2.24, 2.45) is 5.92 Å². The van der Waals surface area contributed by atoms with Gasteiger partial charge in [0.2, 0.25) is 5.91 Å². The van der Waals surface area contributed by atoms with E-state index in [0.717, 1.165) is 22.1 Å². The summed E-state index contributed by atoms with van der Waals surface area (Å²) in [6.07, 6.45) is 1.37. The number of halogens is 1. The minimum atomic E-state index is 0.0385. The number of methoxy groups -OCH3 is 1. The molecule has 1 rings (SSSR count). The van der Waals surface area contributed by atoms with Crippen LogP contribution in [0.3, 0.4) is 0 Å². The van der Waals surface area contributed by atoms with Crippen LogP contribution in [0.25, 0.3) is 0 Å². The molecule has 0 radical (unpaired) electrons. The first-order valence-electron chi connectivity index (χ1n) is 6.14. The highest BCUT2D eigenvalue weighted by Gasteiger charge is 2.10. The summed E-state index contributed by atoms with van der Waals surface area (Å²) in [5.41, 5.74) is 2.03. The van der Waals surface area contributed by atoms with E-state index in [0.29, 0.717) is 13.0 Å². The largest absolute Gasteiger partial charge is 0.384 e. The van der Waals surface area contributed by atoms with E-state index < -0.39 is 0 Å². The van der Waals surface area contributed by atoms with E-state index >= 15 is 0 Å². The second-order valence-electron chi connectivity index (χ2n) is 4.47. The lowest BCUT2D eigenvalue weighted by molar-refractivity contribution is -0.117. The number of carbonyl (C=O) groups is 1. The fourth-order valence-corrected chi connectivity index (χ4v) is 2.25. The van der Waals surface area contributed by atoms with Crippen LogP contribution < -0.4 is 5.32 Å². The number of rotatable bonds is 6. The van der Waals surface area contributed by atoms with Gasteiger partial charge in [0.25, 0.3) is 0 Å². The van der Waals surface area contributed by atoms with Crippen LogP contribution in [0.1, 0.15) is 25.8 Å². The molecule has 1 unspecified atom stereocenters. The summed E-state index contributed by atoms with van der Waals surface area (Å²) in [6.45, 7) is 4.69. The molecule has 1 aromatic rings. The van der Waals surface area contributed by atoms with Gasteiger partial charge in [-0.2, -0.15) is 0 Å². The Bertz CT molecular complexity index is 407. The highest BCUT2D eigenvalue weighted by Crippen LogP contribution is 2.22. The molecule has 1 amide bonds. The normalized spacial score (nSPS) is 12.2. The van der Waals surface area contributed by atoms with Crippen molar-refractivity contribution in [3.05, 3.63) is 28.2 Å². The highest BCUT2D eigenvalue weighted by molar-refractivity contribution is 9.10. The van der Waals surface area contributed by atoms with Crippen LogP contribution >= 0.6 is 15.9 Å². The van der Waals surface area contributed by atoms with E-state index in [9.17, 15) is 4.79 Å². The number of anilines is 1. The molecule has 1 N–H and O–H groups in total. The van der Waals surface area contributed by atoms with Crippen LogP contribution in [-0.4, -0.2) is 19.6 Å². The molecular weight excluding hydrogens is 294 g/mol. The quantitative estimate of drug-likeness (QED) is 0.871. The first-order chi connectivity index (χ1) is 8.56. The fourth-order valence-electron chi connectivity index (χ4n) is 1.84. The number of nitrogens with one attached hydrogen (secondary N) is 1. The maximum Gasteiger partial charge on any atom is 0.224 e. The summed E-state index contributed by atoms with van der Waals surface area (Å²) in [7, 11) is 1.65. The summed E-state index contributed by atoms with van der Waals surface area (Å²) >= 11 is 3.43. The Morgan fingerprint density at radius 2 is 2.22 bits per heavy atom. The van der Waals surface area contributed by atoms with Gasteiger partial charge in [-0.3, -0.25) is 4.79 Å². The summed E-state index contributed by atoms with van der Waals surface area (Å²) < 4.78 is 6.06. The van der Waals surface area contributed by atoms with Crippen molar-refractivity contribution in [1.29, 1.82) is 0 Å². The lowest BCUT2D eigenvalue weighted by atomic mass is 10.1. The summed E-state index contributed by atoms with van der Waals surface area (Å²) in [5.74, 6) is 0.270. The molecule has 0 aliphatic heterocycles. The van der Waals surface area contributed by atoms with Crippen molar-refractivity contribution in [1.82, 2.24) is 0 Å². The van der Waals surface area contributed by atoms with E-state index in [1.807, 2.05) is 25.1 Å². The second kappa shape index (κ2) is 7.54. The molecular formula is C14H20BrNO2. The average molecular weight is 314 g/mol. The lowest BCUT2D eigenvalue weighted by Crippen LogP contribution is -2.18. The molecule has 0 fully saturated rings. The van der Waals surface area contributed by atoms with Crippen molar-refractivity contribution < 1.29 is 9.53 Å². The van der Waals surface area contributed by atoms with Gasteiger partial charge in [-0.15, -0.1) is 0 Å². The topological polar surface area (TPSA) is 38.3 Å². The van der Waals surface area contributed by atoms with Gasteiger partial charge in [0, 0.05) is 30.3 Å². The zero-order chi connectivity index (χ0) is 13.5. The minimum Gasteiger partial charge on any atom is -0.384 e. The number of hydrogen-bond acceptors (Lipinski definition) is 2. The van der Waals surface area contributed by atoms with E-state index in [4.69, 9.17) is 4.74 Å². The lowest BCUT2D eigenvalue weighted by Gasteiger charge is -2.13. The molecule has 0 saturated carbocycles. The van der Waals surface area contributed by atoms with E-state index in [-0.39, 0.29) is 11.8 Å². The van der Waals surface area contributed by atoms with Crippen LogP contribution in [0.2, 0.25) is 0 Å². The molecule has 0 bridgehead atoms. The number of carbonyl (C=O) groups excluding carboxylic acids is 1. The molecule has 100 valence electrons. The monoisotopic (exact) mass is 313 g/mol. The molecule has 0 spiro atoms. The van der Waals surface area contributed by atoms with Gasteiger partial charge in [0.05, 0.1) is 0 Å². The first kappa shape index (κ1) is 15.2. The number of amides is 1. The van der Waals surface area contributed by atoms with Crippen molar-refractivity contribution in [3.8, 4) is 0 Å². The predicted octanol–water partition coefficient (Wildman–Crippen LogP) is 3.62. The van der Waals surface area contributed by atoms with Gasteiger partial charge >= 0.3 is 0 Å². The number of aryl methyl sites for hydroxylation is 1. The molecule has 0 aromatic heterocycles. The Kier molecular flexibility index (Phi) is 6.36. The van der Waals surface area contributed by atoms with Crippen LogP contribution in [0.5, 0.6) is 0 Å². The summed E-state index contributed by atoms with van der Waals surface area (Å²) in [5, 5.41) is 2.96. The van der Waals surface area contributed by atoms with Crippen molar-refractivity contribution in [2.75, 3.05) is 19.0 Å². The van der Waals surface area contributed by atoms with Gasteiger partial charge in [-0.05, 0) is 36.1 Å². The SMILES string of the molecule is CCc1cc(Br)ccc1NC(=O)CC(C)COC. The smallest absolute Gasteiger partial charge is 0.224 e. The Morgan fingerprint density at radius 3 is 2.83 bits per heavy atom. The molecule has 0 aliphatic carbocycles. The molecule has 3 nitrogen and oxygen atoms in total. The Hall–Kier alpha value is -0.870. The van der Waals surface area contributed by atoms with Crippen molar-refractivity contribution in [3.63, 3.8) is 0 Å². The van der Waals surface area contributed by atoms with Gasteiger partial charge in [0.1, 0.15) is 0 Å². The zero-order valence-electron chi connectivity index (χ0n) is 11.1. The molecule has 4 heteroatoms. The molecule has 1 aromatic carbocycles. The van der Waals surface area contributed by atoms with Gasteiger partial charge in [0.15, 0.2) is 0 Å². The summed E-state index contributed by atoms with van der Waals surface area (Å²) in [4.78, 5) is 11.9. The summed E-state index contributed by atoms with van der Waals surface area (Å²) in [6, 6.07) is 5.91. The molecule has 0 saturated heterocycles. The van der Waals surface area contributed by atoms with Gasteiger partial charge in [-0.25, -0.2) is 0 Å². The van der Waals surface area contributed by atoms with Crippen LogP contribution in [0, 0.1) is 5.92 Å². The third-order valence-electron chi connectivity index (χ3n) is 2.71. The van der Waals surface area contributed by atoms with Gasteiger partial charge in [-0.1, -0.05) is 29.8 Å². The maximum atomic E-state index is 11.9. The highest BCUT2D eigenvalue weighted by atomic mass is 79.9. The van der Waals surface area contributed by atoms with Crippen molar-refractivity contribution >= 4 is 27.5 Å². The van der Waals surface area contributed by atoms with Crippen molar-refractivity contribution in [2.45, 2.75) is 26.7 Å². The number of hydrogen-bond donors (Lipinski definition) is 1. The fraction of sp³-hybridized carbons (Fsp3) is 0.500. The van der Waals surface area contributed by atoms with Gasteiger partial charge < -0.3 is 10.1 Å². The second-order valence-corrected chi connectivity index (χ2v) is 5.38. The first-order valence-corrected chi connectivity index (χ1v) is 6.93. The zero-order valence-corrected chi connectivity index (χ0v) is 12.7. The van der Waals surface area contributed by atoms with Crippen LogP contribution in [0.4, 0.5) is 5.69 Å². The molecule has 18 heavy (non-hydrogen) atoms. The standard InChI is InChI=1S/C14H20BrNO2/c1-4-11-8-12(15)5-6-13(11)16-14(17)7-10(2)9-18-3/h5-6,8,10H,4,7,9H2,1-3H3,(H,16,17). The van der Waals surface area contributed by atoms with Crippen LogP contribution in [0.15, 0.2) is 22.7 Å². The number of ether oxygens (including phenoxy) is 1. The maximum absolute atomic E-state index is 11.9. The molecule has 0 heterocycles. The molecule has 0 aliphatic rings. The van der Waals surface area contributed by atoms with E-state index in [2.05, 4.69) is 28.2 Å². The Labute approximate surface area is 117 Å². The third-order valence-corrected chi connectivity index (χ3v) is 3.20.